The molecule has 0 unspecified atom stereocenters. The van der Waals surface area contributed by atoms with Gasteiger partial charge in [0.1, 0.15) is 5.84 Å². The predicted octanol–water partition coefficient (Wildman–Crippen LogP) is 4.06. The molecule has 0 aliphatic carbocycles. The molecular formula is C20H21ClN4O. The number of carbonyl (C=O) groups is 1. The van der Waals surface area contributed by atoms with E-state index in [1.54, 1.807) is 23.2 Å². The largest absolute Gasteiger partial charge is 0.383 e. The molecule has 0 radical (unpaired) electrons. The molecule has 0 fully saturated rings. The fraction of sp³-hybridized carbons (Fsp3) is 0.200. The highest BCUT2D eigenvalue weighted by atomic mass is 35.5. The summed E-state index contributed by atoms with van der Waals surface area (Å²) in [6, 6.07) is 14.9. The first-order valence-electron chi connectivity index (χ1n) is 8.22. The third-order valence-corrected chi connectivity index (χ3v) is 4.14. The summed E-state index contributed by atoms with van der Waals surface area (Å²) in [6.07, 6.45) is 1.80. The van der Waals surface area contributed by atoms with Gasteiger partial charge in [-0.1, -0.05) is 29.8 Å². The van der Waals surface area contributed by atoms with Gasteiger partial charge in [0.15, 0.2) is 0 Å². The monoisotopic (exact) mass is 368 g/mol. The second kappa shape index (κ2) is 7.22. The number of likely N-dealkylation sites (N-methyl/N-ethyl adjacent to an activating group) is 1. The Morgan fingerprint density at radius 2 is 1.73 bits per heavy atom. The van der Waals surface area contributed by atoms with Gasteiger partial charge >= 0.3 is 0 Å². The number of rotatable bonds is 2. The van der Waals surface area contributed by atoms with E-state index in [1.807, 2.05) is 74.4 Å². The molecule has 1 heterocycles. The van der Waals surface area contributed by atoms with E-state index in [0.717, 1.165) is 5.69 Å². The Hall–Kier alpha value is -2.79. The summed E-state index contributed by atoms with van der Waals surface area (Å²) in [7, 11) is 7.53. The molecule has 6 heteroatoms. The van der Waals surface area contributed by atoms with E-state index in [9.17, 15) is 4.79 Å². The standard InChI is InChI=1S/C20H21ClN4O/c1-23(2)13-16-19(24(3)4)22-17-11-10-14(21)12-18(17)25(20(16)26)15-8-6-5-7-9-15/h5-13H,1-4H3/b16-13-. The van der Waals surface area contributed by atoms with Crippen molar-refractivity contribution < 1.29 is 4.79 Å². The van der Waals surface area contributed by atoms with Crippen molar-refractivity contribution in [1.29, 1.82) is 0 Å². The zero-order chi connectivity index (χ0) is 18.8. The fourth-order valence-corrected chi connectivity index (χ4v) is 2.98. The number of benzene rings is 2. The first-order valence-corrected chi connectivity index (χ1v) is 8.60. The minimum absolute atomic E-state index is 0.154. The molecule has 1 aliphatic heterocycles. The Morgan fingerprint density at radius 3 is 2.35 bits per heavy atom. The van der Waals surface area contributed by atoms with Crippen LogP contribution in [0.3, 0.4) is 0 Å². The molecule has 0 saturated carbocycles. The molecule has 2 aromatic rings. The number of para-hydroxylation sites is 1. The molecule has 0 aromatic heterocycles. The summed E-state index contributed by atoms with van der Waals surface area (Å²) in [6.45, 7) is 0. The van der Waals surface area contributed by atoms with Crippen LogP contribution in [0.2, 0.25) is 5.02 Å². The maximum absolute atomic E-state index is 13.6. The number of hydrogen-bond donors (Lipinski definition) is 0. The van der Waals surface area contributed by atoms with Crippen LogP contribution in [0, 0.1) is 0 Å². The number of aliphatic imine (C=N–C) groups is 1. The van der Waals surface area contributed by atoms with E-state index in [0.29, 0.717) is 27.8 Å². The van der Waals surface area contributed by atoms with Crippen molar-refractivity contribution in [2.24, 2.45) is 4.99 Å². The molecule has 5 nitrogen and oxygen atoms in total. The van der Waals surface area contributed by atoms with E-state index < -0.39 is 0 Å². The van der Waals surface area contributed by atoms with Crippen molar-refractivity contribution >= 4 is 40.4 Å². The van der Waals surface area contributed by atoms with Crippen molar-refractivity contribution in [3.63, 3.8) is 0 Å². The van der Waals surface area contributed by atoms with Crippen molar-refractivity contribution in [2.45, 2.75) is 0 Å². The fourth-order valence-electron chi connectivity index (χ4n) is 2.82. The van der Waals surface area contributed by atoms with Gasteiger partial charge in [-0.25, -0.2) is 4.99 Å². The highest BCUT2D eigenvalue weighted by Crippen LogP contribution is 2.39. The molecule has 3 rings (SSSR count). The third kappa shape index (κ3) is 3.44. The minimum atomic E-state index is -0.154. The van der Waals surface area contributed by atoms with Gasteiger partial charge in [0.05, 0.1) is 16.9 Å². The molecule has 134 valence electrons. The summed E-state index contributed by atoms with van der Waals surface area (Å²) >= 11 is 6.23. The maximum atomic E-state index is 13.6. The first kappa shape index (κ1) is 18.0. The van der Waals surface area contributed by atoms with Crippen LogP contribution in [0.1, 0.15) is 0 Å². The maximum Gasteiger partial charge on any atom is 0.268 e. The van der Waals surface area contributed by atoms with Gasteiger partial charge in [0, 0.05) is 45.1 Å². The van der Waals surface area contributed by atoms with Crippen molar-refractivity contribution in [3.8, 4) is 0 Å². The van der Waals surface area contributed by atoms with E-state index in [1.165, 1.54) is 0 Å². The first-order chi connectivity index (χ1) is 12.4. The lowest BCUT2D eigenvalue weighted by molar-refractivity contribution is -0.114. The van der Waals surface area contributed by atoms with Crippen LogP contribution in [0.5, 0.6) is 0 Å². The minimum Gasteiger partial charge on any atom is -0.383 e. The Kier molecular flexibility index (Phi) is 5.00. The van der Waals surface area contributed by atoms with Crippen molar-refractivity contribution in [3.05, 3.63) is 65.3 Å². The molecule has 0 bridgehead atoms. The summed E-state index contributed by atoms with van der Waals surface area (Å²) in [4.78, 5) is 23.7. The van der Waals surface area contributed by atoms with E-state index in [-0.39, 0.29) is 5.91 Å². The quantitative estimate of drug-likeness (QED) is 0.750. The number of fused-ring (bicyclic) bond motifs is 1. The highest BCUT2D eigenvalue weighted by molar-refractivity contribution is 6.32. The van der Waals surface area contributed by atoms with Crippen molar-refractivity contribution in [1.82, 2.24) is 9.80 Å². The number of amidine groups is 1. The summed E-state index contributed by atoms with van der Waals surface area (Å²) < 4.78 is 0. The second-order valence-electron chi connectivity index (χ2n) is 6.45. The Bertz CT molecular complexity index is 888. The number of nitrogens with zero attached hydrogens (tertiary/aromatic N) is 4. The van der Waals surface area contributed by atoms with Crippen LogP contribution in [-0.2, 0) is 4.79 Å². The SMILES string of the molecule is CN(C)/C=C1\C(=O)N(c2ccccc2)c2cc(Cl)ccc2N=C1N(C)C. The normalized spacial score (nSPS) is 15.4. The van der Waals surface area contributed by atoms with Gasteiger partial charge in [0.25, 0.3) is 5.91 Å². The Labute approximate surface area is 158 Å². The van der Waals surface area contributed by atoms with E-state index in [4.69, 9.17) is 16.6 Å². The highest BCUT2D eigenvalue weighted by Gasteiger charge is 2.31. The van der Waals surface area contributed by atoms with Gasteiger partial charge in [-0.2, -0.15) is 0 Å². The number of halogens is 1. The third-order valence-electron chi connectivity index (χ3n) is 3.90. The zero-order valence-electron chi connectivity index (χ0n) is 15.3. The number of carbonyl (C=O) groups excluding carboxylic acids is 1. The lowest BCUT2D eigenvalue weighted by Gasteiger charge is -2.25. The molecule has 0 saturated heterocycles. The van der Waals surface area contributed by atoms with Gasteiger partial charge < -0.3 is 9.80 Å². The lowest BCUT2D eigenvalue weighted by Crippen LogP contribution is -2.34. The van der Waals surface area contributed by atoms with Gasteiger partial charge in [-0.3, -0.25) is 9.69 Å². The summed E-state index contributed by atoms with van der Waals surface area (Å²) in [5.74, 6) is 0.448. The molecule has 0 N–H and O–H groups in total. The molecular weight excluding hydrogens is 348 g/mol. The lowest BCUT2D eigenvalue weighted by atomic mass is 10.1. The molecule has 0 atom stereocenters. The van der Waals surface area contributed by atoms with Gasteiger partial charge in [-0.05, 0) is 30.3 Å². The van der Waals surface area contributed by atoms with Crippen LogP contribution in [0.4, 0.5) is 17.1 Å². The zero-order valence-corrected chi connectivity index (χ0v) is 16.0. The summed E-state index contributed by atoms with van der Waals surface area (Å²) in [5.41, 5.74) is 2.63. The van der Waals surface area contributed by atoms with Crippen LogP contribution in [0.15, 0.2) is 65.3 Å². The predicted molar refractivity (Wildman–Crippen MR) is 108 cm³/mol. The Balaban J connectivity index is 2.30. The average Bonchev–Trinajstić information content (AvgIpc) is 2.70. The van der Waals surface area contributed by atoms with Crippen molar-refractivity contribution in [2.75, 3.05) is 33.1 Å². The number of amides is 1. The van der Waals surface area contributed by atoms with Crippen LogP contribution < -0.4 is 4.90 Å². The van der Waals surface area contributed by atoms with E-state index >= 15 is 0 Å². The molecule has 0 spiro atoms. The molecule has 1 amide bonds. The van der Waals surface area contributed by atoms with Gasteiger partial charge in [-0.15, -0.1) is 0 Å². The smallest absolute Gasteiger partial charge is 0.268 e. The van der Waals surface area contributed by atoms with Gasteiger partial charge in [0.2, 0.25) is 0 Å². The van der Waals surface area contributed by atoms with Crippen LogP contribution in [0.25, 0.3) is 0 Å². The second-order valence-corrected chi connectivity index (χ2v) is 6.88. The molecule has 26 heavy (non-hydrogen) atoms. The number of hydrogen-bond acceptors (Lipinski definition) is 4. The molecule has 1 aliphatic rings. The topological polar surface area (TPSA) is 39.2 Å². The summed E-state index contributed by atoms with van der Waals surface area (Å²) in [5, 5.41) is 0.555. The van der Waals surface area contributed by atoms with Crippen LogP contribution in [-0.4, -0.2) is 49.7 Å². The Morgan fingerprint density at radius 1 is 1.04 bits per heavy atom. The average molecular weight is 369 g/mol. The van der Waals surface area contributed by atoms with E-state index in [2.05, 4.69) is 0 Å². The number of anilines is 2. The van der Waals surface area contributed by atoms with Crippen LogP contribution >= 0.6 is 11.6 Å². The molecule has 2 aromatic carbocycles.